The van der Waals surface area contributed by atoms with Crippen molar-refractivity contribution in [2.75, 3.05) is 19.8 Å². The van der Waals surface area contributed by atoms with E-state index < -0.39 is 11.2 Å². The molecule has 0 aliphatic carbocycles. The van der Waals surface area contributed by atoms with Crippen LogP contribution in [-0.4, -0.2) is 43.6 Å². The maximum atomic E-state index is 13.5. The fourth-order valence-corrected chi connectivity index (χ4v) is 4.01. The van der Waals surface area contributed by atoms with Gasteiger partial charge in [0, 0.05) is 17.1 Å². The number of aromatic nitrogens is 4. The summed E-state index contributed by atoms with van der Waals surface area (Å²) in [5, 5.41) is 10.1. The van der Waals surface area contributed by atoms with Crippen LogP contribution in [0.4, 0.5) is 0 Å². The summed E-state index contributed by atoms with van der Waals surface area (Å²) < 4.78 is 15.3. The van der Waals surface area contributed by atoms with E-state index in [0.29, 0.717) is 10.0 Å². The molecule has 2 aromatic carbocycles. The van der Waals surface area contributed by atoms with E-state index >= 15 is 0 Å². The van der Waals surface area contributed by atoms with Gasteiger partial charge in [-0.1, -0.05) is 47.5 Å². The molecule has 2 heterocycles. The van der Waals surface area contributed by atoms with Crippen LogP contribution in [0.1, 0.15) is 11.1 Å². The van der Waals surface area contributed by atoms with Crippen molar-refractivity contribution in [3.05, 3.63) is 90.5 Å². The minimum Gasteiger partial charge on any atom is -0.460 e. The molecule has 11 heteroatoms. The lowest BCUT2D eigenvalue weighted by Gasteiger charge is -2.12. The highest BCUT2D eigenvalue weighted by molar-refractivity contribution is 6.30. The molecular formula is C24H24Cl2N4O5. The van der Waals surface area contributed by atoms with Gasteiger partial charge in [-0.3, -0.25) is 18.5 Å². The molecule has 4 aromatic rings. The Morgan fingerprint density at radius 1 is 0.971 bits per heavy atom. The normalized spacial score (nSPS) is 11.3. The van der Waals surface area contributed by atoms with E-state index in [4.69, 9.17) is 37.8 Å². The molecule has 184 valence electrons. The molecule has 1 N–H and O–H groups in total. The van der Waals surface area contributed by atoms with Gasteiger partial charge in [0.05, 0.1) is 32.9 Å². The maximum absolute atomic E-state index is 13.5. The summed E-state index contributed by atoms with van der Waals surface area (Å²) >= 11 is 12.1. The van der Waals surface area contributed by atoms with Crippen molar-refractivity contribution < 1.29 is 14.6 Å². The second-order valence-electron chi connectivity index (χ2n) is 7.83. The topological polar surface area (TPSA) is 101 Å². The van der Waals surface area contributed by atoms with Crippen molar-refractivity contribution in [2.45, 2.75) is 19.7 Å². The monoisotopic (exact) mass is 518 g/mol. The molecule has 0 bridgehead atoms. The van der Waals surface area contributed by atoms with Crippen LogP contribution >= 0.6 is 23.2 Å². The molecule has 0 spiro atoms. The lowest BCUT2D eigenvalue weighted by atomic mass is 10.2. The summed E-state index contributed by atoms with van der Waals surface area (Å²) in [6, 6.07) is 14.6. The first-order valence-electron chi connectivity index (χ1n) is 10.9. The molecule has 0 saturated carbocycles. The van der Waals surface area contributed by atoms with Crippen molar-refractivity contribution in [1.29, 1.82) is 0 Å². The first-order valence-corrected chi connectivity index (χ1v) is 11.6. The van der Waals surface area contributed by atoms with Crippen LogP contribution in [0.25, 0.3) is 11.2 Å². The number of halogens is 2. The summed E-state index contributed by atoms with van der Waals surface area (Å²) in [7, 11) is 1.55. The standard InChI is InChI=1S/C24H24Cl2N4O5/c1-28-21-20(22(32)29(24(28)33)9-11-34-12-10-31)30(14-16-5-7-18(25)8-6-16)23(27-21)35-15-17-3-2-4-19(26)13-17/h2-8,13,31H,9-12,14-15H2,1H3. The molecule has 0 aliphatic heterocycles. The Morgan fingerprint density at radius 3 is 2.46 bits per heavy atom. The molecule has 0 aliphatic rings. The van der Waals surface area contributed by atoms with Crippen molar-refractivity contribution in [2.24, 2.45) is 7.05 Å². The third-order valence-electron chi connectivity index (χ3n) is 5.40. The van der Waals surface area contributed by atoms with Gasteiger partial charge in [0.15, 0.2) is 11.2 Å². The zero-order chi connectivity index (χ0) is 24.9. The highest BCUT2D eigenvalue weighted by Crippen LogP contribution is 2.22. The molecule has 0 fully saturated rings. The van der Waals surface area contributed by atoms with Gasteiger partial charge in [0.25, 0.3) is 11.6 Å². The summed E-state index contributed by atoms with van der Waals surface area (Å²) in [4.78, 5) is 30.9. The van der Waals surface area contributed by atoms with Crippen molar-refractivity contribution in [3.63, 3.8) is 0 Å². The third kappa shape index (κ3) is 5.59. The largest absolute Gasteiger partial charge is 0.460 e. The number of benzene rings is 2. The van der Waals surface area contributed by atoms with Gasteiger partial charge < -0.3 is 14.6 Å². The third-order valence-corrected chi connectivity index (χ3v) is 5.89. The number of aliphatic hydroxyl groups excluding tert-OH is 1. The summed E-state index contributed by atoms with van der Waals surface area (Å²) in [6.07, 6.45) is 0. The average molecular weight is 519 g/mol. The molecule has 9 nitrogen and oxygen atoms in total. The summed E-state index contributed by atoms with van der Waals surface area (Å²) in [5.41, 5.74) is 1.11. The van der Waals surface area contributed by atoms with Crippen LogP contribution in [-0.2, 0) is 31.5 Å². The van der Waals surface area contributed by atoms with E-state index in [1.54, 1.807) is 35.9 Å². The van der Waals surface area contributed by atoms with Gasteiger partial charge in [0.1, 0.15) is 6.61 Å². The molecule has 0 unspecified atom stereocenters. The maximum Gasteiger partial charge on any atom is 0.332 e. The zero-order valence-corrected chi connectivity index (χ0v) is 20.5. The van der Waals surface area contributed by atoms with Crippen LogP contribution in [0, 0.1) is 0 Å². The van der Waals surface area contributed by atoms with E-state index in [9.17, 15) is 9.59 Å². The Balaban J connectivity index is 1.79. The Labute approximate surface area is 210 Å². The smallest absolute Gasteiger partial charge is 0.332 e. The van der Waals surface area contributed by atoms with Crippen LogP contribution in [0.5, 0.6) is 6.01 Å². The highest BCUT2D eigenvalue weighted by Gasteiger charge is 2.21. The lowest BCUT2D eigenvalue weighted by Crippen LogP contribution is -2.40. The fraction of sp³-hybridized carbons (Fsp3) is 0.292. The molecule has 4 rings (SSSR count). The fourth-order valence-electron chi connectivity index (χ4n) is 3.68. The van der Waals surface area contributed by atoms with E-state index in [1.165, 1.54) is 4.57 Å². The predicted octanol–water partition coefficient (Wildman–Crippen LogP) is 2.84. The van der Waals surface area contributed by atoms with E-state index in [1.807, 2.05) is 24.3 Å². The van der Waals surface area contributed by atoms with Crippen LogP contribution < -0.4 is 16.0 Å². The lowest BCUT2D eigenvalue weighted by molar-refractivity contribution is 0.0858. The second-order valence-corrected chi connectivity index (χ2v) is 8.71. The van der Waals surface area contributed by atoms with Crippen LogP contribution in [0.3, 0.4) is 0 Å². The number of fused-ring (bicyclic) bond motifs is 1. The Kier molecular flexibility index (Phi) is 7.92. The molecule has 0 saturated heterocycles. The number of hydrogen-bond donors (Lipinski definition) is 1. The van der Waals surface area contributed by atoms with Crippen molar-refractivity contribution in [3.8, 4) is 6.01 Å². The van der Waals surface area contributed by atoms with E-state index in [2.05, 4.69) is 4.98 Å². The van der Waals surface area contributed by atoms with E-state index in [-0.39, 0.29) is 56.7 Å². The molecule has 0 radical (unpaired) electrons. The Bertz CT molecular complexity index is 1440. The average Bonchev–Trinajstić information content (AvgIpc) is 3.20. The number of nitrogens with zero attached hydrogens (tertiary/aromatic N) is 4. The van der Waals surface area contributed by atoms with Gasteiger partial charge in [-0.25, -0.2) is 4.79 Å². The first-order chi connectivity index (χ1) is 16.9. The highest BCUT2D eigenvalue weighted by atomic mass is 35.5. The van der Waals surface area contributed by atoms with Gasteiger partial charge >= 0.3 is 5.69 Å². The summed E-state index contributed by atoms with van der Waals surface area (Å²) in [5.74, 6) is 0. The Hall–Kier alpha value is -3.11. The SMILES string of the molecule is Cn1c(=O)n(CCOCCO)c(=O)c2c1nc(OCc1cccc(Cl)c1)n2Cc1ccc(Cl)cc1. The van der Waals surface area contributed by atoms with Crippen molar-refractivity contribution in [1.82, 2.24) is 18.7 Å². The number of imidazole rings is 1. The van der Waals surface area contributed by atoms with E-state index in [0.717, 1.165) is 15.7 Å². The molecular weight excluding hydrogens is 495 g/mol. The van der Waals surface area contributed by atoms with Crippen molar-refractivity contribution >= 4 is 34.4 Å². The number of hydrogen-bond acceptors (Lipinski definition) is 6. The minimum absolute atomic E-state index is 0.0340. The van der Waals surface area contributed by atoms with Gasteiger partial charge in [-0.2, -0.15) is 4.98 Å². The molecule has 0 atom stereocenters. The second kappa shape index (κ2) is 11.1. The predicted molar refractivity (Wildman–Crippen MR) is 133 cm³/mol. The molecule has 0 amide bonds. The van der Waals surface area contributed by atoms with Gasteiger partial charge in [-0.05, 0) is 35.4 Å². The Morgan fingerprint density at radius 2 is 1.74 bits per heavy atom. The number of aryl methyl sites for hydroxylation is 1. The first kappa shape index (κ1) is 25.0. The van der Waals surface area contributed by atoms with Gasteiger partial charge in [0.2, 0.25) is 0 Å². The summed E-state index contributed by atoms with van der Waals surface area (Å²) in [6.45, 7) is 0.548. The minimum atomic E-state index is -0.521. The van der Waals surface area contributed by atoms with Crippen LogP contribution in [0.2, 0.25) is 10.0 Å². The molecule has 35 heavy (non-hydrogen) atoms. The number of ether oxygens (including phenoxy) is 2. The quantitative estimate of drug-likeness (QED) is 0.324. The van der Waals surface area contributed by atoms with Crippen LogP contribution in [0.15, 0.2) is 58.1 Å². The number of rotatable bonds is 10. The molecule has 2 aromatic heterocycles. The zero-order valence-electron chi connectivity index (χ0n) is 19.0. The van der Waals surface area contributed by atoms with Gasteiger partial charge in [-0.15, -0.1) is 0 Å². The number of aliphatic hydroxyl groups is 1.